The minimum absolute atomic E-state index is 0.0991. The SMILES string of the molecule is c1csc(CN2CCOC[C@@]3(CC[C@H](CN4CCCC4)O3)C2)n1. The Labute approximate surface area is 142 Å². The van der Waals surface area contributed by atoms with E-state index in [2.05, 4.69) is 20.2 Å². The molecule has 0 unspecified atom stereocenters. The summed E-state index contributed by atoms with van der Waals surface area (Å²) in [6.45, 7) is 8.02. The van der Waals surface area contributed by atoms with Crippen molar-refractivity contribution in [3.8, 4) is 0 Å². The van der Waals surface area contributed by atoms with Crippen LogP contribution in [0.1, 0.15) is 30.7 Å². The molecule has 3 fully saturated rings. The zero-order chi connectivity index (χ0) is 15.5. The van der Waals surface area contributed by atoms with Gasteiger partial charge >= 0.3 is 0 Å². The second-order valence-corrected chi connectivity index (χ2v) is 8.14. The van der Waals surface area contributed by atoms with Gasteiger partial charge in [-0.25, -0.2) is 4.98 Å². The first-order chi connectivity index (χ1) is 11.3. The van der Waals surface area contributed by atoms with Gasteiger partial charge < -0.3 is 14.4 Å². The molecule has 4 heterocycles. The van der Waals surface area contributed by atoms with Gasteiger partial charge in [-0.1, -0.05) is 0 Å². The largest absolute Gasteiger partial charge is 0.377 e. The standard InChI is InChI=1S/C17H27N3O2S/c1-2-7-19(6-1)11-15-3-4-17(22-15)13-20(8-9-21-14-17)12-16-18-5-10-23-16/h5,10,15H,1-4,6-9,11-14H2/t15-,17-/m1/s1. The van der Waals surface area contributed by atoms with Gasteiger partial charge in [0, 0.05) is 31.2 Å². The molecule has 0 N–H and O–H groups in total. The van der Waals surface area contributed by atoms with E-state index in [-0.39, 0.29) is 5.60 Å². The number of aromatic nitrogens is 1. The van der Waals surface area contributed by atoms with Crippen molar-refractivity contribution in [1.82, 2.24) is 14.8 Å². The maximum atomic E-state index is 6.56. The van der Waals surface area contributed by atoms with Crippen molar-refractivity contribution in [1.29, 1.82) is 0 Å². The van der Waals surface area contributed by atoms with E-state index in [1.807, 2.05) is 6.20 Å². The van der Waals surface area contributed by atoms with Gasteiger partial charge in [0.15, 0.2) is 0 Å². The van der Waals surface area contributed by atoms with E-state index in [1.54, 1.807) is 11.3 Å². The number of ether oxygens (including phenoxy) is 2. The van der Waals surface area contributed by atoms with Crippen LogP contribution in [-0.2, 0) is 16.0 Å². The summed E-state index contributed by atoms with van der Waals surface area (Å²) in [5, 5.41) is 3.24. The quantitative estimate of drug-likeness (QED) is 0.840. The molecule has 4 rings (SSSR count). The van der Waals surface area contributed by atoms with Crippen molar-refractivity contribution in [3.63, 3.8) is 0 Å². The Balaban J connectivity index is 1.36. The van der Waals surface area contributed by atoms with Crippen LogP contribution in [0, 0.1) is 0 Å². The number of thiazole rings is 1. The normalized spacial score (nSPS) is 33.5. The molecule has 23 heavy (non-hydrogen) atoms. The van der Waals surface area contributed by atoms with Crippen LogP contribution in [0.5, 0.6) is 0 Å². The van der Waals surface area contributed by atoms with Crippen molar-refractivity contribution in [2.45, 2.75) is 43.9 Å². The molecule has 3 aliphatic rings. The Kier molecular flexibility index (Phi) is 4.96. The molecular weight excluding hydrogens is 310 g/mol. The molecular formula is C17H27N3O2S. The highest BCUT2D eigenvalue weighted by Crippen LogP contribution is 2.34. The summed E-state index contributed by atoms with van der Waals surface area (Å²) in [6, 6.07) is 0. The van der Waals surface area contributed by atoms with Crippen LogP contribution in [0.2, 0.25) is 0 Å². The first-order valence-corrected chi connectivity index (χ1v) is 9.78. The molecule has 1 aromatic rings. The maximum Gasteiger partial charge on any atom is 0.107 e. The van der Waals surface area contributed by atoms with E-state index >= 15 is 0 Å². The first kappa shape index (κ1) is 16.0. The van der Waals surface area contributed by atoms with Crippen LogP contribution in [-0.4, -0.2) is 72.4 Å². The second-order valence-electron chi connectivity index (χ2n) is 7.16. The highest BCUT2D eigenvalue weighted by Gasteiger charge is 2.43. The van der Waals surface area contributed by atoms with Gasteiger partial charge in [0.25, 0.3) is 0 Å². The predicted molar refractivity (Wildman–Crippen MR) is 90.7 cm³/mol. The third-order valence-electron chi connectivity index (χ3n) is 5.27. The molecule has 6 heteroatoms. The van der Waals surface area contributed by atoms with Gasteiger partial charge in [-0.2, -0.15) is 0 Å². The minimum atomic E-state index is -0.0991. The number of rotatable bonds is 4. The Morgan fingerprint density at radius 3 is 3.00 bits per heavy atom. The van der Waals surface area contributed by atoms with Crippen molar-refractivity contribution < 1.29 is 9.47 Å². The van der Waals surface area contributed by atoms with E-state index in [4.69, 9.17) is 9.47 Å². The molecule has 1 spiro atoms. The lowest BCUT2D eigenvalue weighted by molar-refractivity contribution is -0.0913. The lowest BCUT2D eigenvalue weighted by Crippen LogP contribution is -2.45. The van der Waals surface area contributed by atoms with Crippen LogP contribution >= 0.6 is 11.3 Å². The average Bonchev–Trinajstić information content (AvgIpc) is 3.25. The molecule has 3 saturated heterocycles. The van der Waals surface area contributed by atoms with E-state index < -0.39 is 0 Å². The number of nitrogens with zero attached hydrogens (tertiary/aromatic N) is 3. The number of hydrogen-bond donors (Lipinski definition) is 0. The van der Waals surface area contributed by atoms with Gasteiger partial charge in [-0.15, -0.1) is 11.3 Å². The number of likely N-dealkylation sites (tertiary alicyclic amines) is 1. The van der Waals surface area contributed by atoms with Crippen LogP contribution in [0.4, 0.5) is 0 Å². The molecule has 0 aromatic carbocycles. The summed E-state index contributed by atoms with van der Waals surface area (Å²) in [6.07, 6.45) is 7.27. The number of hydrogen-bond acceptors (Lipinski definition) is 6. The highest BCUT2D eigenvalue weighted by atomic mass is 32.1. The molecule has 2 atom stereocenters. The van der Waals surface area contributed by atoms with Crippen molar-refractivity contribution in [2.24, 2.45) is 0 Å². The van der Waals surface area contributed by atoms with Crippen molar-refractivity contribution in [3.05, 3.63) is 16.6 Å². The van der Waals surface area contributed by atoms with E-state index in [9.17, 15) is 0 Å². The minimum Gasteiger partial charge on any atom is -0.377 e. The Bertz CT molecular complexity index is 492. The van der Waals surface area contributed by atoms with Crippen molar-refractivity contribution in [2.75, 3.05) is 45.9 Å². The monoisotopic (exact) mass is 337 g/mol. The van der Waals surface area contributed by atoms with E-state index in [0.29, 0.717) is 6.10 Å². The van der Waals surface area contributed by atoms with Crippen LogP contribution in [0.25, 0.3) is 0 Å². The molecule has 0 bridgehead atoms. The summed E-state index contributed by atoms with van der Waals surface area (Å²) in [5.41, 5.74) is -0.0991. The average molecular weight is 337 g/mol. The van der Waals surface area contributed by atoms with E-state index in [0.717, 1.165) is 45.8 Å². The molecule has 3 aliphatic heterocycles. The fraction of sp³-hybridized carbons (Fsp3) is 0.824. The summed E-state index contributed by atoms with van der Waals surface area (Å²) in [7, 11) is 0. The van der Waals surface area contributed by atoms with Crippen molar-refractivity contribution >= 4 is 11.3 Å². The fourth-order valence-corrected chi connectivity index (χ4v) is 4.80. The zero-order valence-electron chi connectivity index (χ0n) is 13.8. The molecule has 128 valence electrons. The second kappa shape index (κ2) is 7.15. The Morgan fingerprint density at radius 2 is 2.17 bits per heavy atom. The summed E-state index contributed by atoms with van der Waals surface area (Å²) in [4.78, 5) is 9.45. The van der Waals surface area contributed by atoms with Gasteiger partial charge in [0.05, 0.1) is 25.9 Å². The smallest absolute Gasteiger partial charge is 0.107 e. The molecule has 1 aromatic heterocycles. The third kappa shape index (κ3) is 3.94. The zero-order valence-corrected chi connectivity index (χ0v) is 14.6. The molecule has 5 nitrogen and oxygen atoms in total. The summed E-state index contributed by atoms with van der Waals surface area (Å²) < 4.78 is 12.5. The maximum absolute atomic E-state index is 6.56. The summed E-state index contributed by atoms with van der Waals surface area (Å²) in [5.74, 6) is 0. The highest BCUT2D eigenvalue weighted by molar-refractivity contribution is 7.09. The van der Waals surface area contributed by atoms with Gasteiger partial charge in [0.1, 0.15) is 10.6 Å². The Morgan fingerprint density at radius 1 is 1.26 bits per heavy atom. The van der Waals surface area contributed by atoms with Gasteiger partial charge in [0.2, 0.25) is 0 Å². The third-order valence-corrected chi connectivity index (χ3v) is 6.03. The predicted octanol–water partition coefficient (Wildman–Crippen LogP) is 1.99. The lowest BCUT2D eigenvalue weighted by atomic mass is 10.00. The van der Waals surface area contributed by atoms with Crippen LogP contribution < -0.4 is 0 Å². The first-order valence-electron chi connectivity index (χ1n) is 8.90. The van der Waals surface area contributed by atoms with Crippen LogP contribution in [0.15, 0.2) is 11.6 Å². The molecule has 0 saturated carbocycles. The van der Waals surface area contributed by atoms with Gasteiger partial charge in [-0.05, 0) is 38.8 Å². The molecule has 0 aliphatic carbocycles. The Hall–Kier alpha value is -0.530. The molecule has 0 amide bonds. The summed E-state index contributed by atoms with van der Waals surface area (Å²) >= 11 is 1.74. The lowest BCUT2D eigenvalue weighted by Gasteiger charge is -2.32. The fourth-order valence-electron chi connectivity index (χ4n) is 4.14. The van der Waals surface area contributed by atoms with Gasteiger partial charge in [-0.3, -0.25) is 4.90 Å². The molecule has 0 radical (unpaired) electrons. The van der Waals surface area contributed by atoms with E-state index in [1.165, 1.54) is 37.4 Å². The topological polar surface area (TPSA) is 37.8 Å². The van der Waals surface area contributed by atoms with Crippen LogP contribution in [0.3, 0.4) is 0 Å².